The van der Waals surface area contributed by atoms with E-state index in [4.69, 9.17) is 16.3 Å². The van der Waals surface area contributed by atoms with Gasteiger partial charge in [-0.15, -0.1) is 0 Å². The van der Waals surface area contributed by atoms with Crippen molar-refractivity contribution in [2.24, 2.45) is 5.92 Å². The molecule has 1 amide bonds. The molecule has 1 N–H and O–H groups in total. The van der Waals surface area contributed by atoms with Crippen LogP contribution in [0.3, 0.4) is 0 Å². The van der Waals surface area contributed by atoms with Crippen molar-refractivity contribution in [1.29, 1.82) is 0 Å². The van der Waals surface area contributed by atoms with E-state index in [1.807, 2.05) is 24.3 Å². The van der Waals surface area contributed by atoms with Crippen molar-refractivity contribution in [3.63, 3.8) is 0 Å². The summed E-state index contributed by atoms with van der Waals surface area (Å²) in [7, 11) is -4.11. The van der Waals surface area contributed by atoms with Crippen molar-refractivity contribution in [2.45, 2.75) is 60.8 Å². The Balaban J connectivity index is 1.54. The standard InChI is InChI=1S/C32H33ClFNO6S/c33-25-5-1-3-22(19-25)21-41-27-9-12-29-24(20-27)6-13-30-32(29,42(39,40)28-10-7-26(34)8-11-28)15-16-35(30)31(38)23(14-18-37)4-2-17-36/h1,3,5,7-12,17,19-20,23,30,37H,2,4,6,13-16,18,21H2/t23?,30-,32-/m1/s1. The largest absolute Gasteiger partial charge is 0.489 e. The highest BCUT2D eigenvalue weighted by molar-refractivity contribution is 7.92. The van der Waals surface area contributed by atoms with Gasteiger partial charge in [0, 0.05) is 30.5 Å². The van der Waals surface area contributed by atoms with E-state index in [2.05, 4.69) is 0 Å². The second kappa shape index (κ2) is 12.5. The fraction of sp³-hybridized carbons (Fsp3) is 0.375. The van der Waals surface area contributed by atoms with Crippen LogP contribution in [0.25, 0.3) is 0 Å². The third-order valence-electron chi connectivity index (χ3n) is 8.50. The van der Waals surface area contributed by atoms with Gasteiger partial charge in [-0.3, -0.25) is 4.79 Å². The van der Waals surface area contributed by atoms with Crippen molar-refractivity contribution in [3.8, 4) is 5.75 Å². The lowest BCUT2D eigenvalue weighted by Crippen LogP contribution is -2.53. The van der Waals surface area contributed by atoms with Crippen LogP contribution >= 0.6 is 11.6 Å². The molecule has 0 saturated carbocycles. The molecule has 42 heavy (non-hydrogen) atoms. The summed E-state index contributed by atoms with van der Waals surface area (Å²) < 4.78 is 47.5. The number of hydrogen-bond donors (Lipinski definition) is 1. The number of aldehydes is 1. The van der Waals surface area contributed by atoms with Gasteiger partial charge in [-0.25, -0.2) is 12.8 Å². The molecule has 0 spiro atoms. The lowest BCUT2D eigenvalue weighted by molar-refractivity contribution is -0.137. The van der Waals surface area contributed by atoms with Crippen LogP contribution in [-0.2, 0) is 37.2 Å². The molecule has 5 rings (SSSR count). The number of hydrogen-bond acceptors (Lipinski definition) is 6. The third kappa shape index (κ3) is 5.57. The average Bonchev–Trinajstić information content (AvgIpc) is 3.40. The highest BCUT2D eigenvalue weighted by Gasteiger charge is 2.61. The topological polar surface area (TPSA) is 101 Å². The minimum atomic E-state index is -4.11. The zero-order chi connectivity index (χ0) is 29.9. The number of nitrogens with zero attached hydrogens (tertiary/aromatic N) is 1. The third-order valence-corrected chi connectivity index (χ3v) is 11.3. The second-order valence-corrected chi connectivity index (χ2v) is 13.5. The fourth-order valence-corrected chi connectivity index (χ4v) is 9.11. The molecule has 3 aromatic carbocycles. The molecule has 1 saturated heterocycles. The van der Waals surface area contributed by atoms with Crippen LogP contribution in [0.15, 0.2) is 71.6 Å². The second-order valence-electron chi connectivity index (χ2n) is 10.9. The van der Waals surface area contributed by atoms with Crippen LogP contribution in [0.2, 0.25) is 5.02 Å². The number of likely N-dealkylation sites (tertiary alicyclic amines) is 1. The monoisotopic (exact) mass is 613 g/mol. The van der Waals surface area contributed by atoms with E-state index in [0.29, 0.717) is 29.2 Å². The van der Waals surface area contributed by atoms with Crippen LogP contribution < -0.4 is 4.74 Å². The molecule has 3 atom stereocenters. The van der Waals surface area contributed by atoms with Gasteiger partial charge in [0.2, 0.25) is 5.91 Å². The summed E-state index contributed by atoms with van der Waals surface area (Å²) >= 11 is 6.10. The van der Waals surface area contributed by atoms with Crippen LogP contribution in [0.5, 0.6) is 5.75 Å². The first-order chi connectivity index (χ1) is 20.2. The molecule has 0 radical (unpaired) electrons. The van der Waals surface area contributed by atoms with Gasteiger partial charge in [-0.05, 0) is 97.3 Å². The van der Waals surface area contributed by atoms with Crippen LogP contribution in [0, 0.1) is 11.7 Å². The predicted molar refractivity (Wildman–Crippen MR) is 156 cm³/mol. The lowest BCUT2D eigenvalue weighted by Gasteiger charge is -2.43. The normalized spacial score (nSPS) is 20.5. The molecule has 2 aliphatic rings. The molecular formula is C32H33ClFNO6S. The number of aliphatic hydroxyl groups is 1. The first kappa shape index (κ1) is 30.2. The number of carbonyl (C=O) groups excluding carboxylic acids is 2. The Labute approximate surface area is 250 Å². The van der Waals surface area contributed by atoms with Crippen molar-refractivity contribution < 1.29 is 32.2 Å². The van der Waals surface area contributed by atoms with E-state index in [9.17, 15) is 27.5 Å². The lowest BCUT2D eigenvalue weighted by atomic mass is 9.78. The average molecular weight is 614 g/mol. The van der Waals surface area contributed by atoms with Gasteiger partial charge in [0.05, 0.1) is 10.9 Å². The van der Waals surface area contributed by atoms with Gasteiger partial charge in [0.1, 0.15) is 29.2 Å². The number of halogens is 2. The molecule has 1 unspecified atom stereocenters. The molecule has 1 aliphatic carbocycles. The van der Waals surface area contributed by atoms with Gasteiger partial charge in [0.25, 0.3) is 0 Å². The summed E-state index contributed by atoms with van der Waals surface area (Å²) in [5.41, 5.74) is 2.33. The Hall–Kier alpha value is -3.27. The molecule has 0 bridgehead atoms. The number of carbonyl (C=O) groups is 2. The number of aliphatic hydroxyl groups excluding tert-OH is 1. The predicted octanol–water partition coefficient (Wildman–Crippen LogP) is 5.25. The van der Waals surface area contributed by atoms with E-state index < -0.39 is 32.4 Å². The van der Waals surface area contributed by atoms with E-state index in [1.165, 1.54) is 12.1 Å². The van der Waals surface area contributed by atoms with E-state index in [-0.39, 0.29) is 56.2 Å². The van der Waals surface area contributed by atoms with E-state index >= 15 is 0 Å². The minimum Gasteiger partial charge on any atom is -0.489 e. The number of fused-ring (bicyclic) bond motifs is 3. The first-order valence-electron chi connectivity index (χ1n) is 14.1. The van der Waals surface area contributed by atoms with Crippen molar-refractivity contribution >= 4 is 33.6 Å². The Kier molecular flexibility index (Phi) is 9.01. The minimum absolute atomic E-state index is 0.00908. The van der Waals surface area contributed by atoms with Gasteiger partial charge in [0.15, 0.2) is 9.84 Å². The van der Waals surface area contributed by atoms with Gasteiger partial charge >= 0.3 is 0 Å². The van der Waals surface area contributed by atoms with E-state index in [0.717, 1.165) is 29.5 Å². The number of rotatable bonds is 11. The maximum atomic E-state index is 14.5. The molecule has 1 heterocycles. The zero-order valence-electron chi connectivity index (χ0n) is 23.0. The van der Waals surface area contributed by atoms with Crippen molar-refractivity contribution in [1.82, 2.24) is 4.90 Å². The molecular weight excluding hydrogens is 581 g/mol. The number of amides is 1. The van der Waals surface area contributed by atoms with Gasteiger partial charge < -0.3 is 19.5 Å². The molecule has 222 valence electrons. The smallest absolute Gasteiger partial charge is 0.226 e. The molecule has 0 aromatic heterocycles. The Bertz CT molecular complexity index is 1560. The highest BCUT2D eigenvalue weighted by Crippen LogP contribution is 2.53. The number of aryl methyl sites for hydroxylation is 1. The summed E-state index contributed by atoms with van der Waals surface area (Å²) in [6.07, 6.45) is 2.49. The fourth-order valence-electron chi connectivity index (χ4n) is 6.53. The molecule has 1 aliphatic heterocycles. The zero-order valence-corrected chi connectivity index (χ0v) is 24.6. The Morgan fingerprint density at radius 3 is 2.64 bits per heavy atom. The molecule has 7 nitrogen and oxygen atoms in total. The van der Waals surface area contributed by atoms with Gasteiger partial charge in [-0.2, -0.15) is 0 Å². The number of ether oxygens (including phenoxy) is 1. The summed E-state index contributed by atoms with van der Waals surface area (Å²) in [5.74, 6) is -0.798. The highest BCUT2D eigenvalue weighted by atomic mass is 35.5. The summed E-state index contributed by atoms with van der Waals surface area (Å²) in [5, 5.41) is 10.2. The maximum absolute atomic E-state index is 14.5. The van der Waals surface area contributed by atoms with E-state index in [1.54, 1.807) is 23.1 Å². The molecule has 3 aromatic rings. The Morgan fingerprint density at radius 1 is 1.14 bits per heavy atom. The van der Waals surface area contributed by atoms with Crippen LogP contribution in [0.4, 0.5) is 4.39 Å². The first-order valence-corrected chi connectivity index (χ1v) is 15.9. The maximum Gasteiger partial charge on any atom is 0.226 e. The van der Waals surface area contributed by atoms with Crippen LogP contribution in [0.1, 0.15) is 48.8 Å². The molecule has 10 heteroatoms. The van der Waals surface area contributed by atoms with Crippen LogP contribution in [-0.4, -0.2) is 49.8 Å². The Morgan fingerprint density at radius 2 is 1.93 bits per heavy atom. The SMILES string of the molecule is O=CCCC(CCO)C(=O)N1CC[C@@]2(S(=O)(=O)c3ccc(F)cc3)c3ccc(OCc4cccc(Cl)c4)cc3CC[C@@H]12. The van der Waals surface area contributed by atoms with Gasteiger partial charge in [-0.1, -0.05) is 29.8 Å². The number of benzene rings is 3. The van der Waals surface area contributed by atoms with Crippen molar-refractivity contribution in [3.05, 3.63) is 94.3 Å². The summed E-state index contributed by atoms with van der Waals surface area (Å²) in [4.78, 5) is 26.5. The van der Waals surface area contributed by atoms with Crippen molar-refractivity contribution in [2.75, 3.05) is 13.2 Å². The summed E-state index contributed by atoms with van der Waals surface area (Å²) in [6, 6.07) is 16.9. The quantitative estimate of drug-likeness (QED) is 0.234. The number of sulfone groups is 1. The summed E-state index contributed by atoms with van der Waals surface area (Å²) in [6.45, 7) is 0.281. The molecule has 1 fully saturated rings.